The number of anilines is 1. The van der Waals surface area contributed by atoms with Crippen LogP contribution in [-0.4, -0.2) is 19.6 Å². The molecule has 2 rings (SSSR count). The summed E-state index contributed by atoms with van der Waals surface area (Å²) in [5.74, 6) is 1.47. The van der Waals surface area contributed by atoms with E-state index in [-0.39, 0.29) is 41.3 Å². The first-order valence-corrected chi connectivity index (χ1v) is 5.74. The summed E-state index contributed by atoms with van der Waals surface area (Å²) in [5.41, 5.74) is 0.0405. The molecule has 1 aromatic carbocycles. The number of benzene rings is 1. The lowest BCUT2D eigenvalue weighted by Gasteiger charge is -2.19. The molecule has 0 saturated carbocycles. The van der Waals surface area contributed by atoms with E-state index in [9.17, 15) is 9.18 Å². The Morgan fingerprint density at radius 3 is 2.89 bits per heavy atom. The summed E-state index contributed by atoms with van der Waals surface area (Å²) in [5, 5.41) is 0.166. The molecule has 1 saturated heterocycles. The molecule has 0 aliphatic carbocycles. The van der Waals surface area contributed by atoms with Crippen LogP contribution in [0.5, 0.6) is 5.75 Å². The van der Waals surface area contributed by atoms with E-state index in [1.165, 1.54) is 24.1 Å². The van der Waals surface area contributed by atoms with Gasteiger partial charge in [-0.05, 0) is 12.1 Å². The van der Waals surface area contributed by atoms with Gasteiger partial charge in [-0.1, -0.05) is 11.6 Å². The quantitative estimate of drug-likeness (QED) is 0.771. The predicted molar refractivity (Wildman–Crippen MR) is 67.3 cm³/mol. The third kappa shape index (κ3) is 2.02. The highest BCUT2D eigenvalue weighted by Crippen LogP contribution is 2.37. The summed E-state index contributed by atoms with van der Waals surface area (Å²) in [6.07, 6.45) is 5.50. The number of hydrogen-bond donors (Lipinski definition) is 0. The van der Waals surface area contributed by atoms with E-state index >= 15 is 0 Å². The van der Waals surface area contributed by atoms with Crippen molar-refractivity contribution in [2.45, 2.75) is 6.42 Å². The highest BCUT2D eigenvalue weighted by atomic mass is 35.5. The van der Waals surface area contributed by atoms with Crippen molar-refractivity contribution in [2.24, 2.45) is 5.92 Å². The van der Waals surface area contributed by atoms with Crippen molar-refractivity contribution in [1.29, 1.82) is 0 Å². The molecular weight excluding hydrogens is 257 g/mol. The maximum absolute atomic E-state index is 14.1. The Morgan fingerprint density at radius 2 is 2.33 bits per heavy atom. The van der Waals surface area contributed by atoms with Gasteiger partial charge in [-0.2, -0.15) is 0 Å². The van der Waals surface area contributed by atoms with Gasteiger partial charge in [0, 0.05) is 18.9 Å². The zero-order chi connectivity index (χ0) is 13.3. The molecule has 1 fully saturated rings. The van der Waals surface area contributed by atoms with Gasteiger partial charge in [-0.15, -0.1) is 12.3 Å². The molecular formula is C13H11ClFNO2. The van der Waals surface area contributed by atoms with Crippen LogP contribution in [0, 0.1) is 24.1 Å². The number of hydrogen-bond acceptors (Lipinski definition) is 2. The molecule has 0 bridgehead atoms. The lowest BCUT2D eigenvalue weighted by atomic mass is 10.1. The van der Waals surface area contributed by atoms with E-state index in [4.69, 9.17) is 22.8 Å². The van der Waals surface area contributed by atoms with Crippen molar-refractivity contribution in [1.82, 2.24) is 0 Å². The number of terminal acetylenes is 1. The van der Waals surface area contributed by atoms with Crippen LogP contribution in [0.1, 0.15) is 6.42 Å². The fourth-order valence-electron chi connectivity index (χ4n) is 1.96. The smallest absolute Gasteiger partial charge is 0.228 e. The molecule has 18 heavy (non-hydrogen) atoms. The molecule has 94 valence electrons. The number of amides is 1. The van der Waals surface area contributed by atoms with Crippen LogP contribution in [0.4, 0.5) is 10.1 Å². The monoisotopic (exact) mass is 267 g/mol. The zero-order valence-electron chi connectivity index (χ0n) is 9.74. The molecule has 0 radical (unpaired) electrons. The first-order chi connectivity index (χ1) is 8.58. The second-order valence-corrected chi connectivity index (χ2v) is 4.39. The van der Waals surface area contributed by atoms with Crippen molar-refractivity contribution < 1.29 is 13.9 Å². The van der Waals surface area contributed by atoms with Crippen molar-refractivity contribution in [3.63, 3.8) is 0 Å². The molecule has 1 amide bonds. The average molecular weight is 268 g/mol. The number of carbonyl (C=O) groups is 1. The minimum absolute atomic E-state index is 0.0405. The minimum Gasteiger partial charge on any atom is -0.494 e. The van der Waals surface area contributed by atoms with Crippen LogP contribution in [-0.2, 0) is 4.79 Å². The van der Waals surface area contributed by atoms with Gasteiger partial charge in [0.1, 0.15) is 5.69 Å². The maximum Gasteiger partial charge on any atom is 0.228 e. The lowest BCUT2D eigenvalue weighted by molar-refractivity contribution is -0.117. The van der Waals surface area contributed by atoms with E-state index in [2.05, 4.69) is 5.92 Å². The van der Waals surface area contributed by atoms with E-state index in [0.29, 0.717) is 0 Å². The van der Waals surface area contributed by atoms with Crippen molar-refractivity contribution in [3.8, 4) is 18.1 Å². The summed E-state index contributed by atoms with van der Waals surface area (Å²) < 4.78 is 19.0. The molecule has 0 spiro atoms. The molecule has 3 nitrogen and oxygen atoms in total. The number of ether oxygens (including phenoxy) is 1. The summed E-state index contributed by atoms with van der Waals surface area (Å²) in [6.45, 7) is 0.277. The third-order valence-corrected chi connectivity index (χ3v) is 3.19. The average Bonchev–Trinajstić information content (AvgIpc) is 2.71. The van der Waals surface area contributed by atoms with Crippen molar-refractivity contribution in [3.05, 3.63) is 23.0 Å². The zero-order valence-corrected chi connectivity index (χ0v) is 10.5. The molecule has 5 heteroatoms. The summed E-state index contributed by atoms with van der Waals surface area (Å²) in [7, 11) is 1.35. The first-order valence-electron chi connectivity index (χ1n) is 5.37. The highest BCUT2D eigenvalue weighted by molar-refractivity contribution is 6.34. The Bertz CT molecular complexity index is 539. The third-order valence-electron chi connectivity index (χ3n) is 2.88. The molecule has 1 heterocycles. The summed E-state index contributed by atoms with van der Waals surface area (Å²) in [6, 6.07) is 2.91. The van der Waals surface area contributed by atoms with E-state index < -0.39 is 5.82 Å². The SMILES string of the molecule is C#CC1CC(=O)N(c2c(Cl)ccc(OC)c2F)C1. The fraction of sp³-hybridized carbons (Fsp3) is 0.308. The van der Waals surface area contributed by atoms with Crippen molar-refractivity contribution in [2.75, 3.05) is 18.6 Å². The van der Waals surface area contributed by atoms with Gasteiger partial charge in [-0.3, -0.25) is 4.79 Å². The van der Waals surface area contributed by atoms with Gasteiger partial charge in [0.2, 0.25) is 5.91 Å². The molecule has 0 N–H and O–H groups in total. The number of methoxy groups -OCH3 is 1. The number of nitrogens with zero attached hydrogens (tertiary/aromatic N) is 1. The van der Waals surface area contributed by atoms with E-state index in [1.54, 1.807) is 0 Å². The predicted octanol–water partition coefficient (Wildman–Crippen LogP) is 2.47. The van der Waals surface area contributed by atoms with E-state index in [0.717, 1.165) is 0 Å². The largest absolute Gasteiger partial charge is 0.494 e. The van der Waals surface area contributed by atoms with Crippen LogP contribution in [0.2, 0.25) is 5.02 Å². The van der Waals surface area contributed by atoms with Crippen LogP contribution in [0.15, 0.2) is 12.1 Å². The van der Waals surface area contributed by atoms with Gasteiger partial charge in [0.15, 0.2) is 11.6 Å². The van der Waals surface area contributed by atoms with E-state index in [1.807, 2.05) is 0 Å². The molecule has 1 aliphatic heterocycles. The Kier molecular flexibility index (Phi) is 3.44. The van der Waals surface area contributed by atoms with Gasteiger partial charge in [-0.25, -0.2) is 4.39 Å². The Morgan fingerprint density at radius 1 is 1.61 bits per heavy atom. The van der Waals surface area contributed by atoms with Crippen LogP contribution >= 0.6 is 11.6 Å². The molecule has 1 aliphatic rings. The molecule has 1 atom stereocenters. The van der Waals surface area contributed by atoms with Gasteiger partial charge >= 0.3 is 0 Å². The Hall–Kier alpha value is -1.73. The second kappa shape index (κ2) is 4.87. The van der Waals surface area contributed by atoms with Gasteiger partial charge in [0.05, 0.1) is 12.1 Å². The Balaban J connectivity index is 2.46. The fourth-order valence-corrected chi connectivity index (χ4v) is 2.21. The number of carbonyl (C=O) groups excluding carboxylic acids is 1. The highest BCUT2D eigenvalue weighted by Gasteiger charge is 2.33. The van der Waals surface area contributed by atoms with Crippen LogP contribution in [0.3, 0.4) is 0 Å². The lowest BCUT2D eigenvalue weighted by Crippen LogP contribution is -2.26. The number of rotatable bonds is 2. The number of halogens is 2. The van der Waals surface area contributed by atoms with Crippen LogP contribution in [0.25, 0.3) is 0 Å². The standard InChI is InChI=1S/C13H11ClFNO2/c1-3-8-6-11(17)16(7-8)13-9(14)4-5-10(18-2)12(13)15/h1,4-5,8H,6-7H2,2H3. The van der Waals surface area contributed by atoms with Crippen LogP contribution < -0.4 is 9.64 Å². The second-order valence-electron chi connectivity index (χ2n) is 3.98. The molecule has 1 unspecified atom stereocenters. The summed E-state index contributed by atoms with van der Waals surface area (Å²) in [4.78, 5) is 13.1. The van der Waals surface area contributed by atoms with Gasteiger partial charge in [0.25, 0.3) is 0 Å². The topological polar surface area (TPSA) is 29.5 Å². The molecule has 1 aromatic rings. The van der Waals surface area contributed by atoms with Crippen molar-refractivity contribution >= 4 is 23.2 Å². The minimum atomic E-state index is -0.643. The normalized spacial score (nSPS) is 18.9. The van der Waals surface area contributed by atoms with Gasteiger partial charge < -0.3 is 9.64 Å². The first kappa shape index (κ1) is 12.7. The summed E-state index contributed by atoms with van der Waals surface area (Å²) >= 11 is 5.95. The maximum atomic E-state index is 14.1. The molecule has 0 aromatic heterocycles. The Labute approximate surface area is 109 Å².